The molecule has 39 heavy (non-hydrogen) atoms. The van der Waals surface area contributed by atoms with Crippen LogP contribution in [0.5, 0.6) is 0 Å². The van der Waals surface area contributed by atoms with Crippen LogP contribution in [-0.4, -0.2) is 41.9 Å². The first kappa shape index (κ1) is 37.8. The Morgan fingerprint density at radius 2 is 1.10 bits per heavy atom. The van der Waals surface area contributed by atoms with Gasteiger partial charge in [0.15, 0.2) is 0 Å². The lowest BCUT2D eigenvalue weighted by atomic mass is 10.0. The third-order valence-electron chi connectivity index (χ3n) is 7.13. The van der Waals surface area contributed by atoms with E-state index in [-0.39, 0.29) is 5.91 Å². The fourth-order valence-corrected chi connectivity index (χ4v) is 5.43. The van der Waals surface area contributed by atoms with E-state index in [1.165, 1.54) is 102 Å². The molecule has 0 fully saturated rings. The van der Waals surface area contributed by atoms with Crippen LogP contribution >= 0.6 is 0 Å². The van der Waals surface area contributed by atoms with E-state index in [0.717, 1.165) is 38.5 Å². The highest BCUT2D eigenvalue weighted by molar-refractivity contribution is 7.85. The molecule has 1 amide bonds. The monoisotopic (exact) mass is 571 g/mol. The van der Waals surface area contributed by atoms with Gasteiger partial charge in [-0.25, -0.2) is 0 Å². The maximum Gasteiger partial charge on any atom is 0.267 e. The molecule has 0 spiro atoms. The first-order valence-electron chi connectivity index (χ1n) is 16.0. The SMILES string of the molecule is CCCCCCC/C=C/CC/C=C/C(O)C(CS(=O)(=O)O)NC(=O)CCCCCCCCCCCCCCC. The number of carbonyl (C=O) groups excluding carboxylic acids is 1. The number of allylic oxidation sites excluding steroid dienone is 3. The average molecular weight is 572 g/mol. The van der Waals surface area contributed by atoms with Crippen LogP contribution in [0.15, 0.2) is 24.3 Å². The number of unbranched alkanes of at least 4 members (excludes halogenated alkanes) is 18. The Hall–Kier alpha value is -1.18. The molecule has 0 heterocycles. The lowest BCUT2D eigenvalue weighted by Gasteiger charge is -2.21. The zero-order valence-corrected chi connectivity index (χ0v) is 26.1. The van der Waals surface area contributed by atoms with E-state index in [4.69, 9.17) is 0 Å². The topological polar surface area (TPSA) is 104 Å². The molecule has 0 bridgehead atoms. The maximum atomic E-state index is 12.4. The zero-order chi connectivity index (χ0) is 29.0. The summed E-state index contributed by atoms with van der Waals surface area (Å²) in [6.45, 7) is 4.46. The van der Waals surface area contributed by atoms with Crippen molar-refractivity contribution in [2.75, 3.05) is 5.75 Å². The fraction of sp³-hybridized carbons (Fsp3) is 0.844. The number of amides is 1. The maximum absolute atomic E-state index is 12.4. The van der Waals surface area contributed by atoms with E-state index in [1.807, 2.05) is 0 Å². The molecule has 0 aromatic heterocycles. The van der Waals surface area contributed by atoms with Gasteiger partial charge in [0.2, 0.25) is 5.91 Å². The molecule has 0 saturated heterocycles. The quantitative estimate of drug-likeness (QED) is 0.0496. The van der Waals surface area contributed by atoms with Crippen LogP contribution in [0.25, 0.3) is 0 Å². The number of hydrogen-bond donors (Lipinski definition) is 3. The molecule has 0 aromatic carbocycles. The number of rotatable bonds is 28. The van der Waals surface area contributed by atoms with Crippen molar-refractivity contribution in [1.82, 2.24) is 5.32 Å². The van der Waals surface area contributed by atoms with Gasteiger partial charge in [-0.3, -0.25) is 9.35 Å². The van der Waals surface area contributed by atoms with Crippen molar-refractivity contribution in [3.63, 3.8) is 0 Å². The molecule has 7 heteroatoms. The van der Waals surface area contributed by atoms with Crippen LogP contribution in [-0.2, 0) is 14.9 Å². The standard InChI is InChI=1S/C32H61NO5S/c1-3-5-7-9-11-13-15-16-18-20-22-24-26-28-32(35)33-30(29-39(36,37)38)31(34)27-25-23-21-19-17-14-12-10-8-6-4-2/h17,19,25,27,30-31,34H,3-16,18,20-24,26,28-29H2,1-2H3,(H,33,35)(H,36,37,38)/b19-17+,27-25+. The van der Waals surface area contributed by atoms with Crippen molar-refractivity contribution in [1.29, 1.82) is 0 Å². The predicted molar refractivity (Wildman–Crippen MR) is 166 cm³/mol. The number of aliphatic hydroxyl groups excluding tert-OH is 1. The van der Waals surface area contributed by atoms with Gasteiger partial charge in [-0.1, -0.05) is 141 Å². The van der Waals surface area contributed by atoms with Gasteiger partial charge in [-0.05, 0) is 32.1 Å². The van der Waals surface area contributed by atoms with E-state index < -0.39 is 28.0 Å². The highest BCUT2D eigenvalue weighted by atomic mass is 32.2. The fourth-order valence-electron chi connectivity index (χ4n) is 4.70. The minimum absolute atomic E-state index is 0.291. The Labute approximate surface area is 241 Å². The molecule has 0 rings (SSSR count). The Bertz CT molecular complexity index is 720. The third kappa shape index (κ3) is 28.2. The van der Waals surface area contributed by atoms with E-state index in [9.17, 15) is 22.9 Å². The molecule has 3 N–H and O–H groups in total. The van der Waals surface area contributed by atoms with Crippen LogP contribution in [0.1, 0.15) is 155 Å². The van der Waals surface area contributed by atoms with Gasteiger partial charge in [-0.2, -0.15) is 8.42 Å². The summed E-state index contributed by atoms with van der Waals surface area (Å²) in [5.74, 6) is -0.998. The molecule has 0 aliphatic heterocycles. The predicted octanol–water partition coefficient (Wildman–Crippen LogP) is 8.45. The average Bonchev–Trinajstić information content (AvgIpc) is 2.88. The minimum atomic E-state index is -4.34. The molecule has 230 valence electrons. The highest BCUT2D eigenvalue weighted by Crippen LogP contribution is 2.13. The molecule has 2 atom stereocenters. The second kappa shape index (κ2) is 27.0. The Balaban J connectivity index is 4.10. The van der Waals surface area contributed by atoms with E-state index >= 15 is 0 Å². The van der Waals surface area contributed by atoms with Crippen molar-refractivity contribution in [3.8, 4) is 0 Å². The molecule has 2 unspecified atom stereocenters. The highest BCUT2D eigenvalue weighted by Gasteiger charge is 2.24. The number of hydrogen-bond acceptors (Lipinski definition) is 4. The van der Waals surface area contributed by atoms with Gasteiger partial charge in [-0.15, -0.1) is 0 Å². The Morgan fingerprint density at radius 3 is 1.62 bits per heavy atom. The third-order valence-corrected chi connectivity index (χ3v) is 7.91. The van der Waals surface area contributed by atoms with Crippen molar-refractivity contribution in [3.05, 3.63) is 24.3 Å². The number of aliphatic hydroxyl groups is 1. The summed E-state index contributed by atoms with van der Waals surface area (Å²) in [4.78, 5) is 12.4. The Kier molecular flexibility index (Phi) is 26.2. The molecule has 6 nitrogen and oxygen atoms in total. The van der Waals surface area contributed by atoms with E-state index in [0.29, 0.717) is 6.42 Å². The zero-order valence-electron chi connectivity index (χ0n) is 25.3. The van der Waals surface area contributed by atoms with E-state index in [1.54, 1.807) is 6.08 Å². The molecular weight excluding hydrogens is 510 g/mol. The van der Waals surface area contributed by atoms with Crippen LogP contribution in [0.3, 0.4) is 0 Å². The normalized spacial score (nSPS) is 13.8. The minimum Gasteiger partial charge on any atom is -0.387 e. The van der Waals surface area contributed by atoms with Crippen molar-refractivity contribution >= 4 is 16.0 Å². The second-order valence-corrected chi connectivity index (χ2v) is 12.6. The summed E-state index contributed by atoms with van der Waals surface area (Å²) in [6.07, 6.45) is 31.6. The Morgan fingerprint density at radius 1 is 0.667 bits per heavy atom. The summed E-state index contributed by atoms with van der Waals surface area (Å²) in [6, 6.07) is -1.07. The molecular formula is C32H61NO5S. The van der Waals surface area contributed by atoms with Gasteiger partial charge < -0.3 is 10.4 Å². The molecule has 0 aromatic rings. The van der Waals surface area contributed by atoms with Gasteiger partial charge in [0.1, 0.15) is 0 Å². The molecule has 0 radical (unpaired) electrons. The summed E-state index contributed by atoms with van der Waals surface area (Å²) in [5.41, 5.74) is 0. The second-order valence-electron chi connectivity index (χ2n) is 11.1. The summed E-state index contributed by atoms with van der Waals surface area (Å²) < 4.78 is 32.2. The smallest absolute Gasteiger partial charge is 0.267 e. The summed E-state index contributed by atoms with van der Waals surface area (Å²) >= 11 is 0. The molecule has 0 aliphatic rings. The lowest BCUT2D eigenvalue weighted by Crippen LogP contribution is -2.46. The summed E-state index contributed by atoms with van der Waals surface area (Å²) in [7, 11) is -4.34. The first-order valence-corrected chi connectivity index (χ1v) is 17.6. The van der Waals surface area contributed by atoms with Crippen LogP contribution in [0.2, 0.25) is 0 Å². The van der Waals surface area contributed by atoms with Crippen molar-refractivity contribution in [2.24, 2.45) is 0 Å². The van der Waals surface area contributed by atoms with E-state index in [2.05, 4.69) is 31.3 Å². The van der Waals surface area contributed by atoms with Gasteiger partial charge in [0.05, 0.1) is 17.9 Å². The summed E-state index contributed by atoms with van der Waals surface area (Å²) in [5, 5.41) is 13.1. The molecule has 0 saturated carbocycles. The van der Waals surface area contributed by atoms with Gasteiger partial charge in [0.25, 0.3) is 10.1 Å². The number of carbonyl (C=O) groups is 1. The first-order chi connectivity index (χ1) is 18.8. The largest absolute Gasteiger partial charge is 0.387 e. The van der Waals surface area contributed by atoms with Crippen LogP contribution in [0.4, 0.5) is 0 Å². The van der Waals surface area contributed by atoms with Crippen LogP contribution < -0.4 is 5.32 Å². The van der Waals surface area contributed by atoms with Crippen molar-refractivity contribution < 1.29 is 22.9 Å². The van der Waals surface area contributed by atoms with Gasteiger partial charge >= 0.3 is 0 Å². The lowest BCUT2D eigenvalue weighted by molar-refractivity contribution is -0.122. The van der Waals surface area contributed by atoms with Crippen molar-refractivity contribution in [2.45, 2.75) is 167 Å². The number of nitrogens with one attached hydrogen (secondary N) is 1. The van der Waals surface area contributed by atoms with Gasteiger partial charge in [0, 0.05) is 6.42 Å². The molecule has 0 aliphatic carbocycles. The van der Waals surface area contributed by atoms with Crippen LogP contribution in [0, 0.1) is 0 Å².